The van der Waals surface area contributed by atoms with Crippen LogP contribution in [0.5, 0.6) is 0 Å². The molecule has 1 nitrogen and oxygen atoms in total. The first-order valence-corrected chi connectivity index (χ1v) is 21.2. The molecular formula is C60H34N. The maximum Gasteiger partial charge on any atom is 0.0715 e. The van der Waals surface area contributed by atoms with E-state index in [0.29, 0.717) is 0 Å². The number of fused-ring (bicyclic) bond motifs is 18. The van der Waals surface area contributed by atoms with Crippen LogP contribution in [-0.4, -0.2) is 0 Å². The zero-order valence-electron chi connectivity index (χ0n) is 33.1. The molecule has 279 valence electrons. The summed E-state index contributed by atoms with van der Waals surface area (Å²) in [6, 6.07) is 76.8. The van der Waals surface area contributed by atoms with Gasteiger partial charge in [-0.15, -0.1) is 0 Å². The van der Waals surface area contributed by atoms with Crippen molar-refractivity contribution in [2.45, 2.75) is 0 Å². The fourth-order valence-electron chi connectivity index (χ4n) is 10.6. The summed E-state index contributed by atoms with van der Waals surface area (Å²) in [7, 11) is 0. The highest BCUT2D eigenvalue weighted by Gasteiger charge is 2.17. The first kappa shape index (κ1) is 32.9. The molecule has 0 heterocycles. The van der Waals surface area contributed by atoms with E-state index in [2.05, 4.69) is 206 Å². The minimum atomic E-state index is 0.973. The summed E-state index contributed by atoms with van der Waals surface area (Å²) in [4.78, 5) is 0. The van der Waals surface area contributed by atoms with Gasteiger partial charge in [0.25, 0.3) is 0 Å². The Morgan fingerprint density at radius 3 is 0.607 bits per heavy atom. The van der Waals surface area contributed by atoms with Crippen LogP contribution in [0, 0.1) is 0 Å². The lowest BCUT2D eigenvalue weighted by molar-refractivity contribution is 1.22. The highest BCUT2D eigenvalue weighted by molar-refractivity contribution is 6.32. The minimum absolute atomic E-state index is 0.973. The van der Waals surface area contributed by atoms with Gasteiger partial charge in [-0.3, -0.25) is 0 Å². The van der Waals surface area contributed by atoms with Gasteiger partial charge in [0.2, 0.25) is 0 Å². The Kier molecular flexibility index (Phi) is 6.62. The van der Waals surface area contributed by atoms with Gasteiger partial charge in [-0.1, -0.05) is 121 Å². The summed E-state index contributed by atoms with van der Waals surface area (Å²) < 4.78 is 0. The largest absolute Gasteiger partial charge is 0.248 e. The summed E-state index contributed by atoms with van der Waals surface area (Å²) in [5, 5.41) is 35.6. The first-order valence-electron chi connectivity index (χ1n) is 21.2. The third-order valence-corrected chi connectivity index (χ3v) is 13.5. The third-order valence-electron chi connectivity index (χ3n) is 13.5. The second-order valence-electron chi connectivity index (χ2n) is 16.9. The summed E-state index contributed by atoms with van der Waals surface area (Å²) >= 11 is 0. The van der Waals surface area contributed by atoms with Crippen molar-refractivity contribution < 1.29 is 0 Å². The standard InChI is InChI=1S/C60H34N/c1-3-15-39-27-51-47(23-35(39)11-1)49-25-37-13-5-7-17-41(37)29-53(49)57-33-45-43(31-55(51)57)19-9-21-59(45)61-60-22-10-20-44-32-56-52-28-40-16-4-2-12-36(40)24-48(52)50-26-38-14-6-8-18-42(38)30-54(50)58(56)34-46(44)60/h1-34H. The van der Waals surface area contributed by atoms with Crippen molar-refractivity contribution in [3.63, 3.8) is 0 Å². The predicted molar refractivity (Wildman–Crippen MR) is 264 cm³/mol. The molecule has 0 unspecified atom stereocenters. The normalized spacial score (nSPS) is 12.3. The van der Waals surface area contributed by atoms with Crippen molar-refractivity contribution in [1.29, 1.82) is 0 Å². The van der Waals surface area contributed by atoms with Crippen LogP contribution in [-0.2, 0) is 0 Å². The molecular weight excluding hydrogens is 735 g/mol. The van der Waals surface area contributed by atoms with Crippen LogP contribution in [0.25, 0.3) is 129 Å². The van der Waals surface area contributed by atoms with Gasteiger partial charge in [0, 0.05) is 10.8 Å². The van der Waals surface area contributed by atoms with E-state index in [4.69, 9.17) is 5.32 Å². The van der Waals surface area contributed by atoms with E-state index in [-0.39, 0.29) is 0 Å². The van der Waals surface area contributed by atoms with Crippen LogP contribution in [0.2, 0.25) is 0 Å². The summed E-state index contributed by atoms with van der Waals surface area (Å²) in [5.74, 6) is 0. The Morgan fingerprint density at radius 2 is 0.361 bits per heavy atom. The average Bonchev–Trinajstić information content (AvgIpc) is 3.31. The number of rotatable bonds is 2. The topological polar surface area (TPSA) is 14.1 Å². The van der Waals surface area contributed by atoms with Crippen LogP contribution < -0.4 is 5.32 Å². The van der Waals surface area contributed by atoms with E-state index in [1.165, 1.54) is 118 Å². The second kappa shape index (κ2) is 12.3. The van der Waals surface area contributed by atoms with Gasteiger partial charge in [-0.2, -0.15) is 0 Å². The second-order valence-corrected chi connectivity index (χ2v) is 16.9. The van der Waals surface area contributed by atoms with Gasteiger partial charge in [0.15, 0.2) is 0 Å². The molecule has 0 atom stereocenters. The van der Waals surface area contributed by atoms with Gasteiger partial charge >= 0.3 is 0 Å². The minimum Gasteiger partial charge on any atom is -0.248 e. The van der Waals surface area contributed by atoms with Crippen LogP contribution in [0.15, 0.2) is 206 Å². The molecule has 0 aromatic heterocycles. The van der Waals surface area contributed by atoms with Crippen molar-refractivity contribution in [2.75, 3.05) is 0 Å². The van der Waals surface area contributed by atoms with Crippen molar-refractivity contribution in [2.24, 2.45) is 0 Å². The summed E-state index contributed by atoms with van der Waals surface area (Å²) in [6.07, 6.45) is 0. The fraction of sp³-hybridized carbons (Fsp3) is 0. The maximum absolute atomic E-state index is 5.58. The number of hydrogen-bond acceptors (Lipinski definition) is 0. The zero-order chi connectivity index (χ0) is 39.8. The number of hydrogen-bond donors (Lipinski definition) is 0. The van der Waals surface area contributed by atoms with Crippen molar-refractivity contribution in [3.05, 3.63) is 206 Å². The van der Waals surface area contributed by atoms with E-state index >= 15 is 0 Å². The molecule has 0 saturated heterocycles. The van der Waals surface area contributed by atoms with E-state index in [1.807, 2.05) is 0 Å². The van der Waals surface area contributed by atoms with Crippen molar-refractivity contribution >= 4 is 141 Å². The Bertz CT molecular complexity index is 3890. The van der Waals surface area contributed by atoms with Crippen molar-refractivity contribution in [1.82, 2.24) is 5.32 Å². The molecule has 61 heavy (non-hydrogen) atoms. The molecule has 14 rings (SSSR count). The molecule has 0 aliphatic heterocycles. The van der Waals surface area contributed by atoms with Crippen LogP contribution >= 0.6 is 0 Å². The third kappa shape index (κ3) is 4.83. The number of nitrogens with zero attached hydrogens (tertiary/aromatic N) is 1. The van der Waals surface area contributed by atoms with Gasteiger partial charge in [-0.05, 0) is 203 Å². The molecule has 0 aliphatic carbocycles. The maximum atomic E-state index is 5.58. The van der Waals surface area contributed by atoms with Crippen LogP contribution in [0.1, 0.15) is 0 Å². The van der Waals surface area contributed by atoms with Crippen LogP contribution in [0.4, 0.5) is 11.4 Å². The average molecular weight is 769 g/mol. The summed E-state index contributed by atoms with van der Waals surface area (Å²) in [6.45, 7) is 0. The lowest BCUT2D eigenvalue weighted by Gasteiger charge is -2.16. The lowest BCUT2D eigenvalue weighted by atomic mass is 9.89. The Hall–Kier alpha value is -8.00. The van der Waals surface area contributed by atoms with E-state index in [0.717, 1.165) is 22.1 Å². The molecule has 0 N–H and O–H groups in total. The smallest absolute Gasteiger partial charge is 0.0715 e. The fourth-order valence-corrected chi connectivity index (χ4v) is 10.6. The number of benzene rings is 14. The molecule has 0 fully saturated rings. The monoisotopic (exact) mass is 768 g/mol. The molecule has 0 spiro atoms. The molecule has 14 aromatic rings. The lowest BCUT2D eigenvalue weighted by Crippen LogP contribution is -1.93. The predicted octanol–water partition coefficient (Wildman–Crippen LogP) is 17.1. The molecule has 1 heteroatoms. The van der Waals surface area contributed by atoms with Crippen LogP contribution in [0.3, 0.4) is 0 Å². The summed E-state index contributed by atoms with van der Waals surface area (Å²) in [5.41, 5.74) is 1.95. The molecule has 0 bridgehead atoms. The molecule has 0 aliphatic rings. The van der Waals surface area contributed by atoms with Crippen molar-refractivity contribution in [3.8, 4) is 0 Å². The molecule has 0 amide bonds. The van der Waals surface area contributed by atoms with E-state index in [9.17, 15) is 0 Å². The van der Waals surface area contributed by atoms with Gasteiger partial charge in [-0.25, -0.2) is 5.32 Å². The Morgan fingerprint density at radius 1 is 0.164 bits per heavy atom. The molecule has 0 saturated carbocycles. The van der Waals surface area contributed by atoms with Gasteiger partial charge in [0.1, 0.15) is 0 Å². The van der Waals surface area contributed by atoms with E-state index in [1.54, 1.807) is 0 Å². The highest BCUT2D eigenvalue weighted by Crippen LogP contribution is 2.45. The quantitative estimate of drug-likeness (QED) is 0.123. The molecule has 14 aromatic carbocycles. The van der Waals surface area contributed by atoms with Gasteiger partial charge < -0.3 is 0 Å². The van der Waals surface area contributed by atoms with E-state index < -0.39 is 0 Å². The highest BCUT2D eigenvalue weighted by atomic mass is 14.9. The molecule has 1 radical (unpaired) electrons. The van der Waals surface area contributed by atoms with Gasteiger partial charge in [0.05, 0.1) is 11.4 Å². The Labute approximate surface area is 350 Å². The first-order chi connectivity index (χ1) is 30.2. The SMILES string of the molecule is c1ccc2cc3c(cc2c1)c1cc2ccccc2cc1c1cc2c([N]c4cccc5cc6c7cc8ccccc8cc7c7cc8ccccc8cc7c6cc45)cccc2cc31. The zero-order valence-corrected chi connectivity index (χ0v) is 33.1. The Balaban J connectivity index is 1.02.